The van der Waals surface area contributed by atoms with E-state index in [-0.39, 0.29) is 17.1 Å². The number of methoxy groups -OCH3 is 1. The van der Waals surface area contributed by atoms with E-state index >= 15 is 0 Å². The number of piperazine rings is 1. The number of amides is 1. The fourth-order valence-corrected chi connectivity index (χ4v) is 4.58. The molecule has 0 aliphatic carbocycles. The Morgan fingerprint density at radius 1 is 1.15 bits per heavy atom. The van der Waals surface area contributed by atoms with E-state index in [0.29, 0.717) is 25.2 Å². The van der Waals surface area contributed by atoms with Gasteiger partial charge < -0.3 is 19.3 Å². The summed E-state index contributed by atoms with van der Waals surface area (Å²) >= 11 is 6.18. The smallest absolute Gasteiger partial charge is 0.257 e. The summed E-state index contributed by atoms with van der Waals surface area (Å²) in [7, 11) is 1.64. The Labute approximate surface area is 203 Å². The van der Waals surface area contributed by atoms with Gasteiger partial charge in [0.1, 0.15) is 28.2 Å². The van der Waals surface area contributed by atoms with Crippen molar-refractivity contribution in [2.45, 2.75) is 19.9 Å². The average molecular weight is 477 g/mol. The van der Waals surface area contributed by atoms with Gasteiger partial charge in [0.25, 0.3) is 5.91 Å². The molecule has 0 radical (unpaired) electrons. The molecule has 8 heteroatoms. The third kappa shape index (κ3) is 4.07. The second-order valence-corrected chi connectivity index (χ2v) is 8.86. The van der Waals surface area contributed by atoms with Gasteiger partial charge in [-0.15, -0.1) is 0 Å². The average Bonchev–Trinajstić information content (AvgIpc) is 2.99. The maximum atomic E-state index is 13.2. The van der Waals surface area contributed by atoms with Crippen LogP contribution < -0.4 is 9.47 Å². The lowest BCUT2D eigenvalue weighted by atomic mass is 10.1. The van der Waals surface area contributed by atoms with Crippen LogP contribution in [0.15, 0.2) is 59.7 Å². The lowest BCUT2D eigenvalue weighted by Gasteiger charge is -2.41. The summed E-state index contributed by atoms with van der Waals surface area (Å²) in [5.74, 6) is 2.85. The van der Waals surface area contributed by atoms with Gasteiger partial charge >= 0.3 is 0 Å². The maximum absolute atomic E-state index is 13.2. The quantitative estimate of drug-likeness (QED) is 0.482. The lowest BCUT2D eigenvalue weighted by Crippen LogP contribution is -2.55. The van der Waals surface area contributed by atoms with Crippen LogP contribution in [0.4, 0.5) is 5.69 Å². The minimum atomic E-state index is -0.112. The van der Waals surface area contributed by atoms with Crippen LogP contribution in [0.1, 0.15) is 28.4 Å². The zero-order chi connectivity index (χ0) is 23.8. The van der Waals surface area contributed by atoms with Crippen molar-refractivity contribution in [3.63, 3.8) is 0 Å². The number of carbonyl (C=O) groups is 1. The van der Waals surface area contributed by atoms with Crippen LogP contribution in [0.5, 0.6) is 17.2 Å². The summed E-state index contributed by atoms with van der Waals surface area (Å²) in [5.41, 5.74) is 3.14. The maximum Gasteiger partial charge on any atom is 0.257 e. The molecule has 1 saturated heterocycles. The molecule has 1 fully saturated rings. The Morgan fingerprint density at radius 2 is 2.00 bits per heavy atom. The van der Waals surface area contributed by atoms with Crippen molar-refractivity contribution in [2.24, 2.45) is 4.99 Å². The third-order valence-electron chi connectivity index (χ3n) is 6.17. The van der Waals surface area contributed by atoms with E-state index in [4.69, 9.17) is 26.1 Å². The number of hydrogen-bond acceptors (Lipinski definition) is 6. The molecule has 7 nitrogen and oxygen atoms in total. The van der Waals surface area contributed by atoms with Crippen LogP contribution in [-0.4, -0.2) is 59.3 Å². The molecular weight excluding hydrogens is 452 g/mol. The van der Waals surface area contributed by atoms with Crippen molar-refractivity contribution in [2.75, 3.05) is 26.7 Å². The number of pyridine rings is 1. The number of aromatic nitrogens is 1. The van der Waals surface area contributed by atoms with Crippen LogP contribution in [0.3, 0.4) is 0 Å². The van der Waals surface area contributed by atoms with Crippen molar-refractivity contribution in [1.82, 2.24) is 14.8 Å². The van der Waals surface area contributed by atoms with Crippen LogP contribution in [0.25, 0.3) is 0 Å². The minimum absolute atomic E-state index is 0.0593. The molecule has 1 atom stereocenters. The van der Waals surface area contributed by atoms with Gasteiger partial charge in [-0.05, 0) is 61.9 Å². The molecule has 34 heavy (non-hydrogen) atoms. The van der Waals surface area contributed by atoms with E-state index in [2.05, 4.69) is 9.88 Å². The van der Waals surface area contributed by atoms with Gasteiger partial charge in [0.15, 0.2) is 5.75 Å². The summed E-state index contributed by atoms with van der Waals surface area (Å²) in [4.78, 5) is 26.3. The molecule has 2 aliphatic rings. The summed E-state index contributed by atoms with van der Waals surface area (Å²) < 4.78 is 11.8. The number of carbonyl (C=O) groups excluding carboxylic acids is 1. The van der Waals surface area contributed by atoms with Crippen molar-refractivity contribution in [3.05, 3.63) is 76.6 Å². The van der Waals surface area contributed by atoms with E-state index in [0.717, 1.165) is 39.9 Å². The number of rotatable bonds is 2. The van der Waals surface area contributed by atoms with E-state index < -0.39 is 0 Å². The first-order valence-corrected chi connectivity index (χ1v) is 11.5. The molecule has 2 aliphatic heterocycles. The van der Waals surface area contributed by atoms with Gasteiger partial charge in [-0.1, -0.05) is 17.7 Å². The topological polar surface area (TPSA) is 67.3 Å². The number of fused-ring (bicyclic) bond motifs is 2. The minimum Gasteiger partial charge on any atom is -0.497 e. The molecule has 2 aromatic carbocycles. The van der Waals surface area contributed by atoms with Gasteiger partial charge in [-0.25, -0.2) is 9.98 Å². The predicted octanol–water partition coefficient (Wildman–Crippen LogP) is 5.08. The van der Waals surface area contributed by atoms with Crippen LogP contribution in [-0.2, 0) is 0 Å². The Kier molecular flexibility index (Phi) is 5.87. The zero-order valence-electron chi connectivity index (χ0n) is 19.3. The van der Waals surface area contributed by atoms with Crippen LogP contribution in [0.2, 0.25) is 5.15 Å². The second-order valence-electron chi connectivity index (χ2n) is 8.51. The normalized spacial score (nSPS) is 17.2. The molecule has 3 heterocycles. The first-order valence-electron chi connectivity index (χ1n) is 11.2. The molecule has 174 valence electrons. The molecule has 0 saturated carbocycles. The SMILES string of the molecule is COc1ccc2c(c1)C(N1CCN(C(=O)c3cccnc3Cl)C(C)C1)=Nc1ccc(C)cc1O2. The van der Waals surface area contributed by atoms with Gasteiger partial charge in [-0.2, -0.15) is 0 Å². The highest BCUT2D eigenvalue weighted by atomic mass is 35.5. The highest BCUT2D eigenvalue weighted by Gasteiger charge is 2.33. The molecule has 0 N–H and O–H groups in total. The first kappa shape index (κ1) is 22.2. The number of ether oxygens (including phenoxy) is 2. The number of benzene rings is 2. The third-order valence-corrected chi connectivity index (χ3v) is 6.47. The molecule has 1 aromatic heterocycles. The molecular formula is C26H25ClN4O3. The highest BCUT2D eigenvalue weighted by Crippen LogP contribution is 2.40. The zero-order valence-corrected chi connectivity index (χ0v) is 20.0. The lowest BCUT2D eigenvalue weighted by molar-refractivity contribution is 0.0581. The Bertz CT molecular complexity index is 1290. The molecule has 0 spiro atoms. The molecule has 5 rings (SSSR count). The van der Waals surface area contributed by atoms with E-state index in [1.54, 1.807) is 25.4 Å². The number of halogens is 1. The van der Waals surface area contributed by atoms with Crippen molar-refractivity contribution < 1.29 is 14.3 Å². The second kappa shape index (κ2) is 8.99. The van der Waals surface area contributed by atoms with Crippen LogP contribution >= 0.6 is 11.6 Å². The summed E-state index contributed by atoms with van der Waals surface area (Å²) in [5, 5.41) is 0.223. The molecule has 3 aromatic rings. The number of nitrogens with zero attached hydrogens (tertiary/aromatic N) is 4. The molecule has 0 bridgehead atoms. The Hall–Kier alpha value is -3.58. The van der Waals surface area contributed by atoms with Gasteiger partial charge in [0, 0.05) is 31.9 Å². The first-order chi connectivity index (χ1) is 16.4. The van der Waals surface area contributed by atoms with Gasteiger partial charge in [0.2, 0.25) is 0 Å². The fraction of sp³-hybridized carbons (Fsp3) is 0.269. The molecule has 1 unspecified atom stereocenters. The standard InChI is InChI=1S/C26H25ClN4O3/c1-16-6-8-21-23(13-16)34-22-9-7-18(33-3)14-20(22)25(29-21)30-11-12-31(17(2)15-30)26(32)19-5-4-10-28-24(19)27/h4-10,13-14,17H,11-12,15H2,1-3H3. The summed E-state index contributed by atoms with van der Waals surface area (Å²) in [6.45, 7) is 5.82. The molecule has 1 amide bonds. The monoisotopic (exact) mass is 476 g/mol. The van der Waals surface area contributed by atoms with Gasteiger partial charge in [0.05, 0.1) is 18.2 Å². The van der Waals surface area contributed by atoms with Crippen molar-refractivity contribution >= 4 is 29.0 Å². The number of aliphatic imine (C=N–C) groups is 1. The Morgan fingerprint density at radius 3 is 2.76 bits per heavy atom. The largest absolute Gasteiger partial charge is 0.497 e. The van der Waals surface area contributed by atoms with Crippen molar-refractivity contribution in [3.8, 4) is 17.2 Å². The van der Waals surface area contributed by atoms with Crippen molar-refractivity contribution in [1.29, 1.82) is 0 Å². The van der Waals surface area contributed by atoms with E-state index in [1.165, 1.54) is 0 Å². The predicted molar refractivity (Wildman–Crippen MR) is 132 cm³/mol. The number of amidine groups is 1. The summed E-state index contributed by atoms with van der Waals surface area (Å²) in [6.07, 6.45) is 1.58. The summed E-state index contributed by atoms with van der Waals surface area (Å²) in [6, 6.07) is 15.1. The Balaban J connectivity index is 1.49. The number of aryl methyl sites for hydroxylation is 1. The van der Waals surface area contributed by atoms with Gasteiger partial charge in [-0.3, -0.25) is 4.79 Å². The van der Waals surface area contributed by atoms with E-state index in [9.17, 15) is 4.79 Å². The highest BCUT2D eigenvalue weighted by molar-refractivity contribution is 6.32. The van der Waals surface area contributed by atoms with Crippen LogP contribution in [0, 0.1) is 6.92 Å². The fourth-order valence-electron chi connectivity index (χ4n) is 4.38. The van der Waals surface area contributed by atoms with E-state index in [1.807, 2.05) is 55.1 Å². The number of hydrogen-bond donors (Lipinski definition) is 0.